The van der Waals surface area contributed by atoms with Gasteiger partial charge in [0.1, 0.15) is 0 Å². The summed E-state index contributed by atoms with van der Waals surface area (Å²) >= 11 is 0. The Bertz CT molecular complexity index is 196. The Morgan fingerprint density at radius 2 is 1.86 bits per heavy atom. The molecule has 82 valence electrons. The van der Waals surface area contributed by atoms with Gasteiger partial charge < -0.3 is 10.1 Å². The highest BCUT2D eigenvalue weighted by Gasteiger charge is 2.51. The molecule has 2 unspecified atom stereocenters. The van der Waals surface area contributed by atoms with Crippen LogP contribution in [-0.2, 0) is 4.74 Å². The van der Waals surface area contributed by atoms with Crippen LogP contribution in [0, 0.1) is 17.3 Å². The second kappa shape index (κ2) is 3.82. The number of rotatable bonds is 3. The molecule has 0 aromatic heterocycles. The largest absolute Gasteiger partial charge is 0.381 e. The van der Waals surface area contributed by atoms with E-state index in [-0.39, 0.29) is 0 Å². The van der Waals surface area contributed by atoms with Gasteiger partial charge in [0.2, 0.25) is 0 Å². The normalized spacial score (nSPS) is 34.1. The Kier molecular flexibility index (Phi) is 2.85. The van der Waals surface area contributed by atoms with Gasteiger partial charge in [-0.05, 0) is 43.6 Å². The van der Waals surface area contributed by atoms with Crippen LogP contribution in [0.2, 0.25) is 0 Å². The molecule has 1 heterocycles. The van der Waals surface area contributed by atoms with E-state index in [9.17, 15) is 0 Å². The predicted molar refractivity (Wildman–Crippen MR) is 58.3 cm³/mol. The monoisotopic (exact) mass is 197 g/mol. The lowest BCUT2D eigenvalue weighted by Crippen LogP contribution is -2.39. The van der Waals surface area contributed by atoms with Gasteiger partial charge in [-0.1, -0.05) is 13.8 Å². The Morgan fingerprint density at radius 1 is 1.29 bits per heavy atom. The topological polar surface area (TPSA) is 21.3 Å². The van der Waals surface area contributed by atoms with Crippen LogP contribution >= 0.6 is 0 Å². The average molecular weight is 197 g/mol. The zero-order chi connectivity index (χ0) is 10.2. The minimum Gasteiger partial charge on any atom is -0.381 e. The second-order valence-electron chi connectivity index (χ2n) is 5.56. The predicted octanol–water partition coefficient (Wildman–Crippen LogP) is 2.05. The van der Waals surface area contributed by atoms with Gasteiger partial charge in [0.25, 0.3) is 0 Å². The minimum atomic E-state index is 0.589. The molecule has 2 nitrogen and oxygen atoms in total. The number of hydrogen-bond acceptors (Lipinski definition) is 2. The first kappa shape index (κ1) is 10.4. The van der Waals surface area contributed by atoms with Crippen LogP contribution in [0.4, 0.5) is 0 Å². The summed E-state index contributed by atoms with van der Waals surface area (Å²) < 4.78 is 5.42. The summed E-state index contributed by atoms with van der Waals surface area (Å²) in [7, 11) is 2.12. The smallest absolute Gasteiger partial charge is 0.0469 e. The molecule has 1 saturated carbocycles. The highest BCUT2D eigenvalue weighted by atomic mass is 16.5. The third-order valence-electron chi connectivity index (χ3n) is 4.13. The summed E-state index contributed by atoms with van der Waals surface area (Å²) in [5.41, 5.74) is 0.589. The lowest BCUT2D eigenvalue weighted by atomic mass is 9.86. The van der Waals surface area contributed by atoms with E-state index in [0.717, 1.165) is 31.1 Å². The van der Waals surface area contributed by atoms with E-state index in [2.05, 4.69) is 26.2 Å². The van der Waals surface area contributed by atoms with Gasteiger partial charge in [-0.15, -0.1) is 0 Å². The van der Waals surface area contributed by atoms with E-state index in [0.29, 0.717) is 5.41 Å². The molecule has 0 spiro atoms. The molecule has 1 aliphatic heterocycles. The fourth-order valence-corrected chi connectivity index (χ4v) is 2.96. The second-order valence-corrected chi connectivity index (χ2v) is 5.56. The van der Waals surface area contributed by atoms with E-state index < -0.39 is 0 Å². The van der Waals surface area contributed by atoms with Crippen molar-refractivity contribution < 1.29 is 4.74 Å². The first-order chi connectivity index (χ1) is 6.65. The highest BCUT2D eigenvalue weighted by Crippen LogP contribution is 2.55. The van der Waals surface area contributed by atoms with Gasteiger partial charge in [0.15, 0.2) is 0 Å². The zero-order valence-corrected chi connectivity index (χ0v) is 9.68. The highest BCUT2D eigenvalue weighted by molar-refractivity contribution is 5.03. The summed E-state index contributed by atoms with van der Waals surface area (Å²) in [5, 5.41) is 3.53. The van der Waals surface area contributed by atoms with Crippen molar-refractivity contribution in [3.8, 4) is 0 Å². The molecule has 0 aromatic carbocycles. The summed E-state index contributed by atoms with van der Waals surface area (Å²) in [5.74, 6) is 1.75. The quantitative estimate of drug-likeness (QED) is 0.747. The Labute approximate surface area is 87.4 Å². The first-order valence-electron chi connectivity index (χ1n) is 5.90. The van der Waals surface area contributed by atoms with Gasteiger partial charge in [-0.2, -0.15) is 0 Å². The van der Waals surface area contributed by atoms with Gasteiger partial charge >= 0.3 is 0 Å². The maximum absolute atomic E-state index is 5.42. The third-order valence-corrected chi connectivity index (χ3v) is 4.13. The molecule has 2 heteroatoms. The van der Waals surface area contributed by atoms with E-state index in [1.54, 1.807) is 0 Å². The van der Waals surface area contributed by atoms with E-state index in [1.807, 2.05) is 0 Å². The van der Waals surface area contributed by atoms with Crippen LogP contribution in [0.5, 0.6) is 0 Å². The van der Waals surface area contributed by atoms with Crippen molar-refractivity contribution in [2.75, 3.05) is 20.3 Å². The Morgan fingerprint density at radius 3 is 2.29 bits per heavy atom. The van der Waals surface area contributed by atoms with Crippen molar-refractivity contribution >= 4 is 0 Å². The van der Waals surface area contributed by atoms with Gasteiger partial charge in [-0.25, -0.2) is 0 Å². The van der Waals surface area contributed by atoms with Crippen molar-refractivity contribution in [2.24, 2.45) is 17.3 Å². The Hall–Kier alpha value is -0.0800. The molecule has 0 radical (unpaired) electrons. The van der Waals surface area contributed by atoms with Gasteiger partial charge in [-0.3, -0.25) is 0 Å². The van der Waals surface area contributed by atoms with Crippen molar-refractivity contribution in [3.63, 3.8) is 0 Å². The van der Waals surface area contributed by atoms with Gasteiger partial charge in [0, 0.05) is 19.3 Å². The lowest BCUT2D eigenvalue weighted by Gasteiger charge is -2.31. The lowest BCUT2D eigenvalue weighted by molar-refractivity contribution is 0.0501. The van der Waals surface area contributed by atoms with Crippen LogP contribution in [0.1, 0.15) is 33.1 Å². The number of nitrogens with one attached hydrogen (secondary N) is 1. The van der Waals surface area contributed by atoms with Crippen LogP contribution in [0.3, 0.4) is 0 Å². The Balaban J connectivity index is 1.92. The fourth-order valence-electron chi connectivity index (χ4n) is 2.96. The third kappa shape index (κ3) is 1.96. The van der Waals surface area contributed by atoms with Crippen molar-refractivity contribution in [1.29, 1.82) is 0 Å². The van der Waals surface area contributed by atoms with E-state index >= 15 is 0 Å². The number of ether oxygens (including phenoxy) is 1. The molecule has 1 aliphatic carbocycles. The SMILES string of the molecule is CNC(C1CCOCC1)C1CC1(C)C. The number of hydrogen-bond donors (Lipinski definition) is 1. The maximum Gasteiger partial charge on any atom is 0.0469 e. The van der Waals surface area contributed by atoms with Crippen molar-refractivity contribution in [1.82, 2.24) is 5.32 Å². The molecule has 2 rings (SSSR count). The van der Waals surface area contributed by atoms with Crippen LogP contribution in [0.15, 0.2) is 0 Å². The standard InChI is InChI=1S/C12H23NO/c1-12(2)8-10(12)11(13-3)9-4-6-14-7-5-9/h9-11,13H,4-8H2,1-3H3. The summed E-state index contributed by atoms with van der Waals surface area (Å²) in [6.45, 7) is 6.72. The van der Waals surface area contributed by atoms with Gasteiger partial charge in [0.05, 0.1) is 0 Å². The molecule has 2 aliphatic rings. The molecule has 1 N–H and O–H groups in total. The summed E-state index contributed by atoms with van der Waals surface area (Å²) in [6.07, 6.45) is 3.89. The molecule has 2 atom stereocenters. The van der Waals surface area contributed by atoms with Crippen LogP contribution in [-0.4, -0.2) is 26.3 Å². The maximum atomic E-state index is 5.42. The average Bonchev–Trinajstić information content (AvgIpc) is 2.78. The molecule has 14 heavy (non-hydrogen) atoms. The summed E-state index contributed by atoms with van der Waals surface area (Å²) in [4.78, 5) is 0. The molecule has 0 aromatic rings. The van der Waals surface area contributed by atoms with Crippen LogP contribution in [0.25, 0.3) is 0 Å². The molecular weight excluding hydrogens is 174 g/mol. The first-order valence-corrected chi connectivity index (χ1v) is 5.90. The molecular formula is C12H23NO. The zero-order valence-electron chi connectivity index (χ0n) is 9.68. The van der Waals surface area contributed by atoms with E-state index in [1.165, 1.54) is 19.3 Å². The molecule has 1 saturated heterocycles. The van der Waals surface area contributed by atoms with Crippen LogP contribution < -0.4 is 5.32 Å². The molecule has 0 bridgehead atoms. The fraction of sp³-hybridized carbons (Fsp3) is 1.00. The molecule has 0 amide bonds. The summed E-state index contributed by atoms with van der Waals surface area (Å²) in [6, 6.07) is 0.730. The molecule has 2 fully saturated rings. The van der Waals surface area contributed by atoms with Crippen molar-refractivity contribution in [3.05, 3.63) is 0 Å². The minimum absolute atomic E-state index is 0.589. The van der Waals surface area contributed by atoms with E-state index in [4.69, 9.17) is 4.74 Å². The van der Waals surface area contributed by atoms with Crippen molar-refractivity contribution in [2.45, 2.75) is 39.2 Å².